The molecule has 15 heavy (non-hydrogen) atoms. The van der Waals surface area contributed by atoms with Gasteiger partial charge < -0.3 is 10.1 Å². The van der Waals surface area contributed by atoms with E-state index in [1.807, 2.05) is 0 Å². The molecule has 3 unspecified atom stereocenters. The number of ether oxygens (including phenoxy) is 1. The fraction of sp³-hybridized carbons (Fsp3) is 0.538. The molecule has 0 radical (unpaired) electrons. The summed E-state index contributed by atoms with van der Waals surface area (Å²) >= 11 is 0. The van der Waals surface area contributed by atoms with Crippen molar-refractivity contribution in [2.75, 3.05) is 13.7 Å². The molecule has 0 saturated carbocycles. The van der Waals surface area contributed by atoms with E-state index in [4.69, 9.17) is 4.74 Å². The van der Waals surface area contributed by atoms with Crippen molar-refractivity contribution < 1.29 is 4.74 Å². The summed E-state index contributed by atoms with van der Waals surface area (Å²) in [5, 5.41) is 3.43. The van der Waals surface area contributed by atoms with Gasteiger partial charge in [0, 0.05) is 11.6 Å². The Balaban J connectivity index is 2.17. The van der Waals surface area contributed by atoms with Gasteiger partial charge in [-0.3, -0.25) is 0 Å². The van der Waals surface area contributed by atoms with Gasteiger partial charge in [-0.25, -0.2) is 0 Å². The Labute approximate surface area is 90.6 Å². The lowest BCUT2D eigenvalue weighted by Crippen LogP contribution is -2.22. The number of hydrogen-bond donors (Lipinski definition) is 1. The van der Waals surface area contributed by atoms with Crippen molar-refractivity contribution in [2.24, 2.45) is 5.92 Å². The van der Waals surface area contributed by atoms with E-state index < -0.39 is 0 Å². The van der Waals surface area contributed by atoms with Crippen molar-refractivity contribution >= 4 is 0 Å². The Morgan fingerprint density at radius 3 is 3.07 bits per heavy atom. The largest absolute Gasteiger partial charge is 0.493 e. The molecule has 2 nitrogen and oxygen atoms in total. The van der Waals surface area contributed by atoms with Gasteiger partial charge in [0.1, 0.15) is 5.75 Å². The summed E-state index contributed by atoms with van der Waals surface area (Å²) in [5.41, 5.74) is 2.92. The van der Waals surface area contributed by atoms with Crippen molar-refractivity contribution in [3.05, 3.63) is 29.3 Å². The number of benzene rings is 1. The molecular formula is C13H17NO. The smallest absolute Gasteiger partial charge is 0.123 e. The Hall–Kier alpha value is -1.02. The molecule has 80 valence electrons. The Kier molecular flexibility index (Phi) is 1.99. The van der Waals surface area contributed by atoms with Gasteiger partial charge in [0.05, 0.1) is 6.61 Å². The molecule has 0 spiro atoms. The van der Waals surface area contributed by atoms with Crippen LogP contribution in [0, 0.1) is 5.92 Å². The van der Waals surface area contributed by atoms with E-state index in [1.54, 1.807) is 0 Å². The standard InChI is InChI=1S/C13H17NO/c1-8-9-6-7-15-11-5-3-4-10(12(9)11)13(8)14-2/h3-5,8-9,13-14H,6-7H2,1-2H3. The average Bonchev–Trinajstić information content (AvgIpc) is 2.55. The van der Waals surface area contributed by atoms with E-state index in [9.17, 15) is 0 Å². The lowest BCUT2D eigenvalue weighted by Gasteiger charge is -2.25. The molecule has 0 amide bonds. The van der Waals surface area contributed by atoms with E-state index in [0.29, 0.717) is 17.9 Å². The van der Waals surface area contributed by atoms with Crippen molar-refractivity contribution in [3.63, 3.8) is 0 Å². The zero-order valence-corrected chi connectivity index (χ0v) is 9.29. The molecule has 1 aromatic rings. The van der Waals surface area contributed by atoms with Crippen molar-refractivity contribution in [1.29, 1.82) is 0 Å². The van der Waals surface area contributed by atoms with E-state index in [2.05, 4.69) is 37.5 Å². The first-order valence-corrected chi connectivity index (χ1v) is 5.76. The third kappa shape index (κ3) is 1.14. The fourth-order valence-electron chi connectivity index (χ4n) is 3.25. The molecule has 1 aromatic carbocycles. The van der Waals surface area contributed by atoms with Crippen LogP contribution in [0.3, 0.4) is 0 Å². The second kappa shape index (κ2) is 3.24. The SMILES string of the molecule is CNC1c2cccc3c2C(CCO3)C1C. The Morgan fingerprint density at radius 2 is 2.27 bits per heavy atom. The van der Waals surface area contributed by atoms with E-state index in [0.717, 1.165) is 12.4 Å². The van der Waals surface area contributed by atoms with Gasteiger partial charge >= 0.3 is 0 Å². The molecule has 1 heterocycles. The number of hydrogen-bond acceptors (Lipinski definition) is 2. The first-order chi connectivity index (χ1) is 7.33. The van der Waals surface area contributed by atoms with Crippen molar-refractivity contribution in [1.82, 2.24) is 5.32 Å². The van der Waals surface area contributed by atoms with Gasteiger partial charge in [-0.1, -0.05) is 19.1 Å². The highest BCUT2D eigenvalue weighted by molar-refractivity contribution is 5.49. The van der Waals surface area contributed by atoms with Crippen LogP contribution in [0.5, 0.6) is 5.75 Å². The van der Waals surface area contributed by atoms with Crippen molar-refractivity contribution in [3.8, 4) is 5.75 Å². The van der Waals surface area contributed by atoms with Crippen LogP contribution in [-0.2, 0) is 0 Å². The average molecular weight is 203 g/mol. The molecule has 0 fully saturated rings. The van der Waals surface area contributed by atoms with Crippen molar-refractivity contribution in [2.45, 2.75) is 25.3 Å². The van der Waals surface area contributed by atoms with Crippen LogP contribution in [0.2, 0.25) is 0 Å². The maximum absolute atomic E-state index is 5.73. The monoisotopic (exact) mass is 203 g/mol. The minimum absolute atomic E-state index is 0.506. The van der Waals surface area contributed by atoms with Gasteiger partial charge in [-0.05, 0) is 36.9 Å². The van der Waals surface area contributed by atoms with Gasteiger partial charge in [0.2, 0.25) is 0 Å². The first-order valence-electron chi connectivity index (χ1n) is 5.76. The predicted molar refractivity (Wildman–Crippen MR) is 60.3 cm³/mol. The molecule has 1 aliphatic heterocycles. The highest BCUT2D eigenvalue weighted by Gasteiger charge is 2.40. The number of nitrogens with one attached hydrogen (secondary N) is 1. The summed E-state index contributed by atoms with van der Waals surface area (Å²) in [6.07, 6.45) is 1.17. The summed E-state index contributed by atoms with van der Waals surface area (Å²) in [6, 6.07) is 6.96. The zero-order valence-electron chi connectivity index (χ0n) is 9.29. The Bertz CT molecular complexity index is 388. The van der Waals surface area contributed by atoms with Crippen LogP contribution in [-0.4, -0.2) is 13.7 Å². The van der Waals surface area contributed by atoms with E-state index in [1.165, 1.54) is 17.5 Å². The van der Waals surface area contributed by atoms with E-state index in [-0.39, 0.29) is 0 Å². The van der Waals surface area contributed by atoms with Crippen LogP contribution in [0.4, 0.5) is 0 Å². The van der Waals surface area contributed by atoms with Crippen LogP contribution in [0.25, 0.3) is 0 Å². The summed E-state index contributed by atoms with van der Waals surface area (Å²) in [4.78, 5) is 0. The highest BCUT2D eigenvalue weighted by atomic mass is 16.5. The molecule has 2 aliphatic rings. The molecule has 3 rings (SSSR count). The zero-order chi connectivity index (χ0) is 10.4. The van der Waals surface area contributed by atoms with Gasteiger partial charge in [-0.15, -0.1) is 0 Å². The lowest BCUT2D eigenvalue weighted by atomic mass is 9.88. The molecular weight excluding hydrogens is 186 g/mol. The third-order valence-corrected chi connectivity index (χ3v) is 3.96. The summed E-state index contributed by atoms with van der Waals surface area (Å²) in [7, 11) is 2.05. The van der Waals surface area contributed by atoms with Gasteiger partial charge in [-0.2, -0.15) is 0 Å². The molecule has 0 bridgehead atoms. The number of rotatable bonds is 1. The second-order valence-corrected chi connectivity index (χ2v) is 4.63. The summed E-state index contributed by atoms with van der Waals surface area (Å²) in [6.45, 7) is 3.23. The predicted octanol–water partition coefficient (Wildman–Crippen LogP) is 2.46. The molecule has 2 heteroatoms. The van der Waals surface area contributed by atoms with Crippen LogP contribution in [0.1, 0.15) is 36.4 Å². The maximum Gasteiger partial charge on any atom is 0.123 e. The highest BCUT2D eigenvalue weighted by Crippen LogP contribution is 2.51. The third-order valence-electron chi connectivity index (χ3n) is 3.96. The van der Waals surface area contributed by atoms with Gasteiger partial charge in [0.15, 0.2) is 0 Å². The van der Waals surface area contributed by atoms with E-state index >= 15 is 0 Å². The minimum Gasteiger partial charge on any atom is -0.493 e. The molecule has 0 saturated heterocycles. The van der Waals surface area contributed by atoms with Gasteiger partial charge in [0.25, 0.3) is 0 Å². The van der Waals surface area contributed by atoms with Crippen LogP contribution >= 0.6 is 0 Å². The molecule has 1 aliphatic carbocycles. The topological polar surface area (TPSA) is 21.3 Å². The quantitative estimate of drug-likeness (QED) is 0.757. The summed E-state index contributed by atoms with van der Waals surface area (Å²) in [5.74, 6) is 2.51. The van der Waals surface area contributed by atoms with Crippen LogP contribution < -0.4 is 10.1 Å². The molecule has 1 N–H and O–H groups in total. The molecule has 0 aromatic heterocycles. The molecule has 3 atom stereocenters. The van der Waals surface area contributed by atoms with Crippen LogP contribution in [0.15, 0.2) is 18.2 Å². The second-order valence-electron chi connectivity index (χ2n) is 4.63. The fourth-order valence-corrected chi connectivity index (χ4v) is 3.25. The Morgan fingerprint density at radius 1 is 1.40 bits per heavy atom. The summed E-state index contributed by atoms with van der Waals surface area (Å²) < 4.78 is 5.73. The normalized spacial score (nSPS) is 32.3. The first kappa shape index (κ1) is 9.22. The maximum atomic E-state index is 5.73. The minimum atomic E-state index is 0.506. The lowest BCUT2D eigenvalue weighted by molar-refractivity contribution is 0.243.